The van der Waals surface area contributed by atoms with Crippen LogP contribution in [0, 0.1) is 0 Å². The molecule has 0 aliphatic rings. The molecule has 0 fully saturated rings. The van der Waals surface area contributed by atoms with Crippen molar-refractivity contribution < 1.29 is 14.6 Å². The van der Waals surface area contributed by atoms with Crippen molar-refractivity contribution in [3.8, 4) is 5.75 Å². The summed E-state index contributed by atoms with van der Waals surface area (Å²) >= 11 is 3.43. The summed E-state index contributed by atoms with van der Waals surface area (Å²) in [6.45, 7) is 3.75. The summed E-state index contributed by atoms with van der Waals surface area (Å²) in [6, 6.07) is 5.72. The molecule has 1 atom stereocenters. The molecule has 1 unspecified atom stereocenters. The fourth-order valence-electron chi connectivity index (χ4n) is 1.92. The van der Waals surface area contributed by atoms with Gasteiger partial charge in [-0.05, 0) is 40.5 Å². The lowest BCUT2D eigenvalue weighted by Gasteiger charge is -2.14. The second-order valence-corrected chi connectivity index (χ2v) is 5.87. The molecule has 0 aromatic heterocycles. The summed E-state index contributed by atoms with van der Waals surface area (Å²) in [5, 5.41) is 13.0. The van der Waals surface area contributed by atoms with E-state index in [-0.39, 0.29) is 0 Å². The zero-order valence-electron chi connectivity index (χ0n) is 12.9. The van der Waals surface area contributed by atoms with Gasteiger partial charge < -0.3 is 19.9 Å². The number of aliphatic hydroxyl groups excluding tert-OH is 1. The van der Waals surface area contributed by atoms with E-state index in [0.717, 1.165) is 28.9 Å². The van der Waals surface area contributed by atoms with Crippen LogP contribution in [0.25, 0.3) is 0 Å². The Morgan fingerprint density at radius 3 is 2.76 bits per heavy atom. The Bertz CT molecular complexity index is 401. The van der Waals surface area contributed by atoms with E-state index in [1.165, 1.54) is 19.3 Å². The molecular formula is C16H26BrNO3. The minimum Gasteiger partial charge on any atom is -0.496 e. The third-order valence-electron chi connectivity index (χ3n) is 3.15. The SMILES string of the molecule is CCCCCCOCC(O)CNc1ccc(OC)c(Br)c1. The third-order valence-corrected chi connectivity index (χ3v) is 3.77. The number of anilines is 1. The molecule has 1 aromatic rings. The van der Waals surface area contributed by atoms with E-state index in [0.29, 0.717) is 13.2 Å². The molecule has 1 rings (SSSR count). The fourth-order valence-corrected chi connectivity index (χ4v) is 2.46. The molecule has 5 heteroatoms. The van der Waals surface area contributed by atoms with Gasteiger partial charge in [0.25, 0.3) is 0 Å². The van der Waals surface area contributed by atoms with Gasteiger partial charge in [-0.3, -0.25) is 0 Å². The van der Waals surface area contributed by atoms with E-state index in [9.17, 15) is 5.11 Å². The highest BCUT2D eigenvalue weighted by atomic mass is 79.9. The summed E-state index contributed by atoms with van der Waals surface area (Å²) in [7, 11) is 1.63. The number of nitrogens with one attached hydrogen (secondary N) is 1. The number of rotatable bonds is 11. The zero-order chi connectivity index (χ0) is 15.5. The van der Waals surface area contributed by atoms with E-state index in [1.54, 1.807) is 7.11 Å². The lowest BCUT2D eigenvalue weighted by molar-refractivity contribution is 0.0417. The van der Waals surface area contributed by atoms with Crippen LogP contribution >= 0.6 is 15.9 Å². The Hall–Kier alpha value is -0.780. The van der Waals surface area contributed by atoms with Crippen LogP contribution in [-0.4, -0.2) is 38.1 Å². The van der Waals surface area contributed by atoms with Gasteiger partial charge in [-0.25, -0.2) is 0 Å². The van der Waals surface area contributed by atoms with Crippen LogP contribution in [0.2, 0.25) is 0 Å². The molecule has 0 bridgehead atoms. The summed E-state index contributed by atoms with van der Waals surface area (Å²) < 4.78 is 11.5. The van der Waals surface area contributed by atoms with Crippen molar-refractivity contribution in [1.29, 1.82) is 0 Å². The van der Waals surface area contributed by atoms with Gasteiger partial charge in [0.15, 0.2) is 0 Å². The van der Waals surface area contributed by atoms with Crippen molar-refractivity contribution in [3.63, 3.8) is 0 Å². The van der Waals surface area contributed by atoms with E-state index < -0.39 is 6.10 Å². The van der Waals surface area contributed by atoms with Crippen molar-refractivity contribution in [2.45, 2.75) is 38.7 Å². The summed E-state index contributed by atoms with van der Waals surface area (Å²) in [6.07, 6.45) is 4.24. The Labute approximate surface area is 136 Å². The molecule has 0 aliphatic carbocycles. The smallest absolute Gasteiger partial charge is 0.133 e. The van der Waals surface area contributed by atoms with Crippen molar-refractivity contribution in [2.75, 3.05) is 32.2 Å². The molecule has 0 radical (unpaired) electrons. The normalized spacial score (nSPS) is 12.2. The Kier molecular flexibility index (Phi) is 9.46. The first-order valence-electron chi connectivity index (χ1n) is 7.50. The second kappa shape index (κ2) is 10.9. The quantitative estimate of drug-likeness (QED) is 0.589. The van der Waals surface area contributed by atoms with Crippen molar-refractivity contribution in [3.05, 3.63) is 22.7 Å². The monoisotopic (exact) mass is 359 g/mol. The van der Waals surface area contributed by atoms with Gasteiger partial charge in [0.05, 0.1) is 24.3 Å². The van der Waals surface area contributed by atoms with Crippen LogP contribution in [0.3, 0.4) is 0 Å². The molecule has 0 spiro atoms. The van der Waals surface area contributed by atoms with E-state index in [2.05, 4.69) is 28.2 Å². The number of hydrogen-bond acceptors (Lipinski definition) is 4. The molecule has 1 aromatic carbocycles. The van der Waals surface area contributed by atoms with Gasteiger partial charge in [0.1, 0.15) is 5.75 Å². The van der Waals surface area contributed by atoms with Gasteiger partial charge in [-0.15, -0.1) is 0 Å². The number of unbranched alkanes of at least 4 members (excludes halogenated alkanes) is 3. The largest absolute Gasteiger partial charge is 0.496 e. The maximum Gasteiger partial charge on any atom is 0.133 e. The van der Waals surface area contributed by atoms with Gasteiger partial charge in [0, 0.05) is 18.8 Å². The third kappa shape index (κ3) is 7.69. The number of ether oxygens (including phenoxy) is 2. The predicted molar refractivity (Wildman–Crippen MR) is 90.2 cm³/mol. The lowest BCUT2D eigenvalue weighted by Crippen LogP contribution is -2.25. The zero-order valence-corrected chi connectivity index (χ0v) is 14.5. The summed E-state index contributed by atoms with van der Waals surface area (Å²) in [5.41, 5.74) is 0.935. The van der Waals surface area contributed by atoms with Gasteiger partial charge >= 0.3 is 0 Å². The molecule has 21 heavy (non-hydrogen) atoms. The highest BCUT2D eigenvalue weighted by Gasteiger charge is 2.06. The molecule has 2 N–H and O–H groups in total. The van der Waals surface area contributed by atoms with Crippen molar-refractivity contribution in [2.24, 2.45) is 0 Å². The molecule has 4 nitrogen and oxygen atoms in total. The number of hydrogen-bond donors (Lipinski definition) is 2. The van der Waals surface area contributed by atoms with E-state index in [4.69, 9.17) is 9.47 Å². The number of benzene rings is 1. The van der Waals surface area contributed by atoms with Gasteiger partial charge in [-0.1, -0.05) is 26.2 Å². The van der Waals surface area contributed by atoms with E-state index >= 15 is 0 Å². The Balaban J connectivity index is 2.17. The van der Waals surface area contributed by atoms with Crippen LogP contribution < -0.4 is 10.1 Å². The van der Waals surface area contributed by atoms with Crippen molar-refractivity contribution >= 4 is 21.6 Å². The maximum atomic E-state index is 9.86. The standard InChI is InChI=1S/C16H26BrNO3/c1-3-4-5-6-9-21-12-14(19)11-18-13-7-8-16(20-2)15(17)10-13/h7-8,10,14,18-19H,3-6,9,11-12H2,1-2H3. The maximum absolute atomic E-state index is 9.86. The minimum absolute atomic E-state index is 0.371. The highest BCUT2D eigenvalue weighted by molar-refractivity contribution is 9.10. The molecule has 0 heterocycles. The van der Waals surface area contributed by atoms with Crippen LogP contribution in [0.4, 0.5) is 5.69 Å². The molecule has 0 saturated carbocycles. The first kappa shape index (κ1) is 18.3. The first-order chi connectivity index (χ1) is 10.2. The van der Waals surface area contributed by atoms with Crippen LogP contribution in [0.1, 0.15) is 32.6 Å². The molecular weight excluding hydrogens is 334 g/mol. The second-order valence-electron chi connectivity index (χ2n) is 5.02. The summed E-state index contributed by atoms with van der Waals surface area (Å²) in [4.78, 5) is 0. The number of halogens is 1. The van der Waals surface area contributed by atoms with Crippen LogP contribution in [-0.2, 0) is 4.74 Å². The minimum atomic E-state index is -0.503. The Morgan fingerprint density at radius 1 is 1.29 bits per heavy atom. The average molecular weight is 360 g/mol. The van der Waals surface area contributed by atoms with Crippen LogP contribution in [0.5, 0.6) is 5.75 Å². The molecule has 0 aliphatic heterocycles. The van der Waals surface area contributed by atoms with Crippen LogP contribution in [0.15, 0.2) is 22.7 Å². The fraction of sp³-hybridized carbons (Fsp3) is 0.625. The lowest BCUT2D eigenvalue weighted by atomic mass is 10.2. The molecule has 0 amide bonds. The number of methoxy groups -OCH3 is 1. The summed E-state index contributed by atoms with van der Waals surface area (Å²) in [5.74, 6) is 0.788. The predicted octanol–water partition coefficient (Wildman–Crippen LogP) is 3.83. The van der Waals surface area contributed by atoms with E-state index in [1.807, 2.05) is 18.2 Å². The number of aliphatic hydroxyl groups is 1. The average Bonchev–Trinajstić information content (AvgIpc) is 2.49. The topological polar surface area (TPSA) is 50.7 Å². The molecule has 0 saturated heterocycles. The Morgan fingerprint density at radius 2 is 2.10 bits per heavy atom. The highest BCUT2D eigenvalue weighted by Crippen LogP contribution is 2.27. The van der Waals surface area contributed by atoms with Crippen molar-refractivity contribution in [1.82, 2.24) is 0 Å². The van der Waals surface area contributed by atoms with Gasteiger partial charge in [-0.2, -0.15) is 0 Å². The first-order valence-corrected chi connectivity index (χ1v) is 8.30. The van der Waals surface area contributed by atoms with Gasteiger partial charge in [0.2, 0.25) is 0 Å². The molecule has 120 valence electrons.